The number of ether oxygens (including phenoxy) is 1. The third-order valence-corrected chi connectivity index (χ3v) is 3.54. The van der Waals surface area contributed by atoms with E-state index >= 15 is 0 Å². The summed E-state index contributed by atoms with van der Waals surface area (Å²) in [6.07, 6.45) is 1.58. The first-order chi connectivity index (χ1) is 10.5. The van der Waals surface area contributed by atoms with E-state index in [0.717, 1.165) is 5.69 Å². The van der Waals surface area contributed by atoms with Gasteiger partial charge in [0.1, 0.15) is 5.75 Å². The second-order valence-corrected chi connectivity index (χ2v) is 5.86. The van der Waals surface area contributed by atoms with E-state index in [1.165, 1.54) is 11.3 Å². The molecule has 2 rings (SSSR count). The number of aromatic nitrogens is 1. The molecule has 0 aliphatic heterocycles. The van der Waals surface area contributed by atoms with Crippen LogP contribution in [0.25, 0.3) is 0 Å². The predicted octanol–water partition coefficient (Wildman–Crippen LogP) is 1.36. The molecule has 3 N–H and O–H groups in total. The maximum absolute atomic E-state index is 9.27. The maximum Gasteiger partial charge on any atom is 0.488 e. The lowest BCUT2D eigenvalue weighted by Crippen LogP contribution is -2.30. The van der Waals surface area contributed by atoms with Gasteiger partial charge in [-0.25, -0.2) is 4.98 Å². The Morgan fingerprint density at radius 2 is 2.18 bits per heavy atom. The highest BCUT2D eigenvalue weighted by atomic mass is 32.1. The van der Waals surface area contributed by atoms with Crippen LogP contribution in [-0.2, 0) is 0 Å². The van der Waals surface area contributed by atoms with Gasteiger partial charge in [0.2, 0.25) is 5.13 Å². The first kappa shape index (κ1) is 16.5. The predicted molar refractivity (Wildman–Crippen MR) is 90.1 cm³/mol. The van der Waals surface area contributed by atoms with Gasteiger partial charge in [-0.05, 0) is 38.4 Å². The molecular formula is C14H18BN3O3S. The largest absolute Gasteiger partial charge is 0.490 e. The van der Waals surface area contributed by atoms with Gasteiger partial charge in [0.15, 0.2) is 0 Å². The Morgan fingerprint density at radius 3 is 2.77 bits per heavy atom. The van der Waals surface area contributed by atoms with E-state index in [4.69, 9.17) is 4.74 Å². The number of aryl methyl sites for hydroxylation is 1. The molecule has 0 radical (unpaired) electrons. The molecule has 1 aromatic carbocycles. The molecule has 22 heavy (non-hydrogen) atoms. The smallest absolute Gasteiger partial charge is 0.488 e. The van der Waals surface area contributed by atoms with Crippen molar-refractivity contribution in [2.75, 3.05) is 5.43 Å². The molecule has 0 aliphatic rings. The van der Waals surface area contributed by atoms with E-state index in [1.807, 2.05) is 26.2 Å². The molecule has 0 saturated heterocycles. The van der Waals surface area contributed by atoms with Crippen LogP contribution in [0.2, 0.25) is 0 Å². The fraction of sp³-hybridized carbons (Fsp3) is 0.286. The number of thiazole rings is 1. The van der Waals surface area contributed by atoms with Crippen LogP contribution >= 0.6 is 11.3 Å². The van der Waals surface area contributed by atoms with Gasteiger partial charge < -0.3 is 14.8 Å². The third-order valence-electron chi connectivity index (χ3n) is 2.68. The summed E-state index contributed by atoms with van der Waals surface area (Å²) in [7, 11) is -1.53. The van der Waals surface area contributed by atoms with Gasteiger partial charge in [-0.15, -0.1) is 11.3 Å². The Morgan fingerprint density at radius 1 is 1.41 bits per heavy atom. The fourth-order valence-corrected chi connectivity index (χ4v) is 2.39. The van der Waals surface area contributed by atoms with E-state index in [2.05, 4.69) is 15.5 Å². The molecular weight excluding hydrogens is 301 g/mol. The SMILES string of the molecule is Cc1csc(NN=Cc2cc(B(O)O)ccc2OC(C)C)n1. The topological polar surface area (TPSA) is 87.0 Å². The van der Waals surface area contributed by atoms with Crippen LogP contribution < -0.4 is 15.6 Å². The van der Waals surface area contributed by atoms with Crippen LogP contribution in [0.5, 0.6) is 5.75 Å². The number of hydrazone groups is 1. The summed E-state index contributed by atoms with van der Waals surface area (Å²) in [4.78, 5) is 4.24. The van der Waals surface area contributed by atoms with E-state index in [-0.39, 0.29) is 6.10 Å². The van der Waals surface area contributed by atoms with Crippen LogP contribution in [0, 0.1) is 6.92 Å². The zero-order valence-electron chi connectivity index (χ0n) is 12.6. The average Bonchev–Trinajstić information content (AvgIpc) is 2.85. The molecule has 0 saturated carbocycles. The summed E-state index contributed by atoms with van der Waals surface area (Å²) >= 11 is 1.46. The number of nitrogens with zero attached hydrogens (tertiary/aromatic N) is 2. The lowest BCUT2D eigenvalue weighted by Gasteiger charge is -2.13. The van der Waals surface area contributed by atoms with Gasteiger partial charge in [0.25, 0.3) is 0 Å². The normalized spacial score (nSPS) is 11.2. The van der Waals surface area contributed by atoms with E-state index < -0.39 is 7.12 Å². The number of hydrogen-bond acceptors (Lipinski definition) is 7. The van der Waals surface area contributed by atoms with Crippen LogP contribution in [0.3, 0.4) is 0 Å². The van der Waals surface area contributed by atoms with E-state index in [0.29, 0.717) is 21.9 Å². The molecule has 0 amide bonds. The minimum atomic E-state index is -1.53. The highest BCUT2D eigenvalue weighted by molar-refractivity contribution is 7.13. The maximum atomic E-state index is 9.27. The zero-order chi connectivity index (χ0) is 16.1. The van der Waals surface area contributed by atoms with Crippen molar-refractivity contribution >= 4 is 35.3 Å². The summed E-state index contributed by atoms with van der Waals surface area (Å²) in [5, 5.41) is 25.3. The molecule has 0 fully saturated rings. The molecule has 0 unspecified atom stereocenters. The number of anilines is 1. The van der Waals surface area contributed by atoms with Gasteiger partial charge in [0, 0.05) is 10.9 Å². The lowest BCUT2D eigenvalue weighted by molar-refractivity contribution is 0.242. The summed E-state index contributed by atoms with van der Waals surface area (Å²) < 4.78 is 5.69. The number of hydrogen-bond donors (Lipinski definition) is 3. The Balaban J connectivity index is 2.19. The average molecular weight is 319 g/mol. The monoisotopic (exact) mass is 319 g/mol. The molecule has 1 heterocycles. The van der Waals surface area contributed by atoms with Gasteiger partial charge >= 0.3 is 7.12 Å². The molecule has 2 aromatic rings. The standard InChI is InChI=1S/C14H18BN3O3S/c1-9(2)21-13-5-4-12(15(19)20)6-11(13)7-16-18-14-17-10(3)8-22-14/h4-9,19-20H,1-3H3,(H,17,18). The van der Waals surface area contributed by atoms with Crippen molar-refractivity contribution < 1.29 is 14.8 Å². The molecule has 0 aliphatic carbocycles. The Bertz CT molecular complexity index is 659. The number of nitrogens with one attached hydrogen (secondary N) is 1. The molecule has 8 heteroatoms. The van der Waals surface area contributed by atoms with Crippen molar-refractivity contribution in [1.29, 1.82) is 0 Å². The number of rotatable bonds is 6. The quantitative estimate of drug-likeness (QED) is 0.425. The van der Waals surface area contributed by atoms with Crippen molar-refractivity contribution in [3.8, 4) is 5.75 Å². The van der Waals surface area contributed by atoms with Crippen molar-refractivity contribution in [2.24, 2.45) is 5.10 Å². The first-order valence-corrected chi connectivity index (χ1v) is 7.71. The van der Waals surface area contributed by atoms with Crippen LogP contribution in [0.15, 0.2) is 28.7 Å². The summed E-state index contributed by atoms with van der Waals surface area (Å²) in [6, 6.07) is 4.93. The van der Waals surface area contributed by atoms with Gasteiger partial charge in [-0.2, -0.15) is 5.10 Å². The molecule has 116 valence electrons. The molecule has 0 atom stereocenters. The minimum Gasteiger partial charge on any atom is -0.490 e. The third kappa shape index (κ3) is 4.55. The molecule has 6 nitrogen and oxygen atoms in total. The van der Waals surface area contributed by atoms with E-state index in [1.54, 1.807) is 24.4 Å². The van der Waals surface area contributed by atoms with Crippen LogP contribution in [-0.4, -0.2) is 34.5 Å². The van der Waals surface area contributed by atoms with Crippen LogP contribution in [0.1, 0.15) is 25.1 Å². The van der Waals surface area contributed by atoms with Crippen molar-refractivity contribution in [3.05, 3.63) is 34.8 Å². The lowest BCUT2D eigenvalue weighted by atomic mass is 9.79. The second kappa shape index (κ2) is 7.39. The molecule has 0 bridgehead atoms. The summed E-state index contributed by atoms with van der Waals surface area (Å²) in [6.45, 7) is 5.75. The zero-order valence-corrected chi connectivity index (χ0v) is 13.5. The Kier molecular flexibility index (Phi) is 5.54. The van der Waals surface area contributed by atoms with Crippen molar-refractivity contribution in [2.45, 2.75) is 26.9 Å². The molecule has 1 aromatic heterocycles. The van der Waals surface area contributed by atoms with Crippen LogP contribution in [0.4, 0.5) is 5.13 Å². The number of benzene rings is 1. The second-order valence-electron chi connectivity index (χ2n) is 5.00. The van der Waals surface area contributed by atoms with Crippen molar-refractivity contribution in [3.63, 3.8) is 0 Å². The fourth-order valence-electron chi connectivity index (χ4n) is 1.75. The van der Waals surface area contributed by atoms with Gasteiger partial charge in [-0.3, -0.25) is 5.43 Å². The van der Waals surface area contributed by atoms with E-state index in [9.17, 15) is 10.0 Å². The van der Waals surface area contributed by atoms with Gasteiger partial charge in [-0.1, -0.05) is 6.07 Å². The van der Waals surface area contributed by atoms with Crippen molar-refractivity contribution in [1.82, 2.24) is 4.98 Å². The Hall–Kier alpha value is -1.90. The van der Waals surface area contributed by atoms with Gasteiger partial charge in [0.05, 0.1) is 18.0 Å². The summed E-state index contributed by atoms with van der Waals surface area (Å²) in [5.41, 5.74) is 4.80. The highest BCUT2D eigenvalue weighted by Crippen LogP contribution is 2.18. The molecule has 0 spiro atoms. The Labute approximate surface area is 133 Å². The highest BCUT2D eigenvalue weighted by Gasteiger charge is 2.14. The first-order valence-electron chi connectivity index (χ1n) is 6.83. The summed E-state index contributed by atoms with van der Waals surface area (Å²) in [5.74, 6) is 0.625. The minimum absolute atomic E-state index is 0.00613.